The second-order valence-corrected chi connectivity index (χ2v) is 4.83. The van der Waals surface area contributed by atoms with Crippen molar-refractivity contribution in [2.75, 3.05) is 26.7 Å². The van der Waals surface area contributed by atoms with Crippen molar-refractivity contribution < 1.29 is 9.53 Å². The monoisotopic (exact) mass is 225 g/mol. The molecule has 1 aromatic heterocycles. The summed E-state index contributed by atoms with van der Waals surface area (Å²) in [5.74, 6) is 0.133. The number of thiophene rings is 1. The summed E-state index contributed by atoms with van der Waals surface area (Å²) in [6.45, 7) is 4.23. The van der Waals surface area contributed by atoms with E-state index in [0.717, 1.165) is 17.0 Å². The van der Waals surface area contributed by atoms with Crippen LogP contribution >= 0.6 is 11.3 Å². The molecule has 1 aliphatic rings. The summed E-state index contributed by atoms with van der Waals surface area (Å²) in [6, 6.07) is 1.98. The van der Waals surface area contributed by atoms with Crippen molar-refractivity contribution >= 4 is 17.1 Å². The van der Waals surface area contributed by atoms with Crippen LogP contribution in [-0.2, 0) is 4.74 Å². The fraction of sp³-hybridized carbons (Fsp3) is 0.545. The van der Waals surface area contributed by atoms with Crippen LogP contribution < -0.4 is 0 Å². The number of carbonyl (C=O) groups is 1. The number of carbonyl (C=O) groups excluding carboxylic acids is 1. The summed E-state index contributed by atoms with van der Waals surface area (Å²) in [6.07, 6.45) is -0.277. The predicted molar refractivity (Wildman–Crippen MR) is 60.6 cm³/mol. The van der Waals surface area contributed by atoms with Crippen molar-refractivity contribution in [3.8, 4) is 0 Å². The average molecular weight is 225 g/mol. The van der Waals surface area contributed by atoms with Gasteiger partial charge in [0.25, 0.3) is 0 Å². The Bertz CT molecular complexity index is 361. The second-order valence-electron chi connectivity index (χ2n) is 3.92. The quantitative estimate of drug-likeness (QED) is 0.716. The number of ether oxygens (including phenoxy) is 1. The Morgan fingerprint density at radius 2 is 2.47 bits per heavy atom. The van der Waals surface area contributed by atoms with E-state index in [2.05, 4.69) is 4.90 Å². The summed E-state index contributed by atoms with van der Waals surface area (Å²) in [4.78, 5) is 15.1. The maximum absolute atomic E-state index is 12.1. The first-order valence-electron chi connectivity index (χ1n) is 5.07. The SMILES string of the molecule is Cc1ccsc1C(=O)C1CN(C)CCO1. The summed E-state index contributed by atoms with van der Waals surface area (Å²) in [7, 11) is 2.02. The first-order chi connectivity index (χ1) is 7.18. The minimum atomic E-state index is -0.277. The predicted octanol–water partition coefficient (Wildman–Crippen LogP) is 1.57. The van der Waals surface area contributed by atoms with Crippen LogP contribution in [0, 0.1) is 6.92 Å². The molecule has 2 heterocycles. The first-order valence-corrected chi connectivity index (χ1v) is 5.95. The third kappa shape index (κ3) is 2.27. The number of morpholine rings is 1. The van der Waals surface area contributed by atoms with Crippen molar-refractivity contribution in [3.05, 3.63) is 21.9 Å². The summed E-state index contributed by atoms with van der Waals surface area (Å²) in [5.41, 5.74) is 1.06. The molecule has 2 rings (SSSR count). The van der Waals surface area contributed by atoms with Crippen LogP contribution in [0.5, 0.6) is 0 Å². The van der Waals surface area contributed by atoms with Gasteiger partial charge in [0, 0.05) is 13.1 Å². The topological polar surface area (TPSA) is 29.5 Å². The molecular formula is C11H15NO2S. The number of aryl methyl sites for hydroxylation is 1. The van der Waals surface area contributed by atoms with E-state index in [-0.39, 0.29) is 11.9 Å². The molecule has 1 aliphatic heterocycles. The lowest BCUT2D eigenvalue weighted by Crippen LogP contribution is -2.44. The molecule has 1 aromatic rings. The van der Waals surface area contributed by atoms with Gasteiger partial charge in [-0.25, -0.2) is 0 Å². The number of nitrogens with zero attached hydrogens (tertiary/aromatic N) is 1. The van der Waals surface area contributed by atoms with Gasteiger partial charge in [-0.05, 0) is 31.0 Å². The van der Waals surface area contributed by atoms with Crippen LogP contribution in [0.2, 0.25) is 0 Å². The van der Waals surface area contributed by atoms with Crippen LogP contribution in [0.15, 0.2) is 11.4 Å². The van der Waals surface area contributed by atoms with Crippen molar-refractivity contribution in [2.45, 2.75) is 13.0 Å². The highest BCUT2D eigenvalue weighted by atomic mass is 32.1. The van der Waals surface area contributed by atoms with Gasteiger partial charge in [-0.2, -0.15) is 0 Å². The standard InChI is InChI=1S/C11H15NO2S/c1-8-3-6-15-11(8)10(13)9-7-12(2)4-5-14-9/h3,6,9H,4-5,7H2,1-2H3. The minimum Gasteiger partial charge on any atom is -0.367 e. The lowest BCUT2D eigenvalue weighted by Gasteiger charge is -2.28. The molecule has 0 saturated carbocycles. The van der Waals surface area contributed by atoms with Gasteiger partial charge in [-0.15, -0.1) is 11.3 Å². The number of likely N-dealkylation sites (N-methyl/N-ethyl adjacent to an activating group) is 1. The molecule has 4 heteroatoms. The Hall–Kier alpha value is -0.710. The minimum absolute atomic E-state index is 0.133. The van der Waals surface area contributed by atoms with Crippen LogP contribution in [0.1, 0.15) is 15.2 Å². The van der Waals surface area contributed by atoms with E-state index in [1.54, 1.807) is 0 Å². The van der Waals surface area contributed by atoms with Crippen LogP contribution in [0.25, 0.3) is 0 Å². The number of ketones is 1. The highest BCUT2D eigenvalue weighted by molar-refractivity contribution is 7.12. The van der Waals surface area contributed by atoms with E-state index in [4.69, 9.17) is 4.74 Å². The second kappa shape index (κ2) is 4.43. The van der Waals surface area contributed by atoms with Gasteiger partial charge >= 0.3 is 0 Å². The maximum Gasteiger partial charge on any atom is 0.203 e. The van der Waals surface area contributed by atoms with Gasteiger partial charge in [-0.3, -0.25) is 4.79 Å². The summed E-state index contributed by atoms with van der Waals surface area (Å²) < 4.78 is 5.50. The molecule has 3 nitrogen and oxygen atoms in total. The molecule has 0 N–H and O–H groups in total. The van der Waals surface area contributed by atoms with Crippen molar-refractivity contribution in [3.63, 3.8) is 0 Å². The summed E-state index contributed by atoms with van der Waals surface area (Å²) >= 11 is 1.50. The van der Waals surface area contributed by atoms with E-state index in [1.807, 2.05) is 25.4 Å². The molecule has 1 fully saturated rings. The van der Waals surface area contributed by atoms with E-state index in [0.29, 0.717) is 13.2 Å². The van der Waals surface area contributed by atoms with Gasteiger partial charge in [0.15, 0.2) is 0 Å². The molecule has 1 unspecified atom stereocenters. The van der Waals surface area contributed by atoms with Gasteiger partial charge in [0.2, 0.25) is 5.78 Å². The van der Waals surface area contributed by atoms with Gasteiger partial charge in [0.05, 0.1) is 11.5 Å². The largest absolute Gasteiger partial charge is 0.367 e. The van der Waals surface area contributed by atoms with E-state index in [9.17, 15) is 4.79 Å². The molecule has 1 atom stereocenters. The molecule has 15 heavy (non-hydrogen) atoms. The highest BCUT2D eigenvalue weighted by Gasteiger charge is 2.27. The lowest BCUT2D eigenvalue weighted by atomic mass is 10.1. The molecule has 0 aromatic carbocycles. The Kier molecular flexibility index (Phi) is 3.19. The molecule has 0 aliphatic carbocycles. The van der Waals surface area contributed by atoms with Crippen LogP contribution in [0.4, 0.5) is 0 Å². The molecule has 0 spiro atoms. The third-order valence-electron chi connectivity index (χ3n) is 2.65. The number of hydrogen-bond acceptors (Lipinski definition) is 4. The molecular weight excluding hydrogens is 210 g/mol. The molecule has 1 saturated heterocycles. The van der Waals surface area contributed by atoms with Crippen LogP contribution in [-0.4, -0.2) is 43.5 Å². The Balaban J connectivity index is 2.11. The number of Topliss-reactive ketones (excluding diaryl/α,β-unsaturated/α-hetero) is 1. The number of rotatable bonds is 2. The molecule has 0 radical (unpaired) electrons. The van der Waals surface area contributed by atoms with E-state index in [1.165, 1.54) is 11.3 Å². The maximum atomic E-state index is 12.1. The Morgan fingerprint density at radius 1 is 1.67 bits per heavy atom. The normalized spacial score (nSPS) is 22.9. The molecule has 0 bridgehead atoms. The van der Waals surface area contributed by atoms with Crippen molar-refractivity contribution in [1.29, 1.82) is 0 Å². The van der Waals surface area contributed by atoms with Gasteiger partial charge < -0.3 is 9.64 Å². The van der Waals surface area contributed by atoms with Gasteiger partial charge in [-0.1, -0.05) is 0 Å². The zero-order valence-electron chi connectivity index (χ0n) is 9.03. The zero-order valence-corrected chi connectivity index (χ0v) is 9.84. The summed E-state index contributed by atoms with van der Waals surface area (Å²) in [5, 5.41) is 1.95. The number of hydrogen-bond donors (Lipinski definition) is 0. The fourth-order valence-electron chi connectivity index (χ4n) is 1.71. The van der Waals surface area contributed by atoms with Gasteiger partial charge in [0.1, 0.15) is 6.10 Å². The van der Waals surface area contributed by atoms with Crippen molar-refractivity contribution in [1.82, 2.24) is 4.90 Å². The van der Waals surface area contributed by atoms with Crippen molar-refractivity contribution in [2.24, 2.45) is 0 Å². The van der Waals surface area contributed by atoms with Crippen LogP contribution in [0.3, 0.4) is 0 Å². The average Bonchev–Trinajstić information content (AvgIpc) is 2.63. The smallest absolute Gasteiger partial charge is 0.203 e. The lowest BCUT2D eigenvalue weighted by molar-refractivity contribution is -0.00842. The van der Waals surface area contributed by atoms with E-state index < -0.39 is 0 Å². The molecule has 0 amide bonds. The third-order valence-corrected chi connectivity index (χ3v) is 3.68. The Labute approximate surface area is 93.7 Å². The first kappa shape index (κ1) is 10.8. The van der Waals surface area contributed by atoms with E-state index >= 15 is 0 Å². The zero-order chi connectivity index (χ0) is 10.8. The Morgan fingerprint density at radius 3 is 3.07 bits per heavy atom. The molecule has 82 valence electrons. The fourth-order valence-corrected chi connectivity index (χ4v) is 2.62. The highest BCUT2D eigenvalue weighted by Crippen LogP contribution is 2.20.